The summed E-state index contributed by atoms with van der Waals surface area (Å²) < 4.78 is 10.0. The van der Waals surface area contributed by atoms with Crippen LogP contribution in [0.25, 0.3) is 0 Å². The Bertz CT molecular complexity index is 412. The summed E-state index contributed by atoms with van der Waals surface area (Å²) in [5.41, 5.74) is 0. The molecular weight excluding hydrogens is 238 g/mol. The first-order valence-corrected chi connectivity index (χ1v) is 5.69. The van der Waals surface area contributed by atoms with E-state index in [-0.39, 0.29) is 18.8 Å². The van der Waals surface area contributed by atoms with Gasteiger partial charge in [0.15, 0.2) is 5.76 Å². The van der Waals surface area contributed by atoms with Crippen molar-refractivity contribution in [2.45, 2.75) is 25.8 Å². The van der Waals surface area contributed by atoms with E-state index in [0.29, 0.717) is 12.2 Å². The zero-order chi connectivity index (χ0) is 13.5. The van der Waals surface area contributed by atoms with Gasteiger partial charge in [0.05, 0.1) is 0 Å². The fourth-order valence-electron chi connectivity index (χ4n) is 1.41. The summed E-state index contributed by atoms with van der Waals surface area (Å²) in [5, 5.41) is 11.3. The Morgan fingerprint density at radius 1 is 1.50 bits per heavy atom. The highest BCUT2D eigenvalue weighted by Crippen LogP contribution is 2.08. The summed E-state index contributed by atoms with van der Waals surface area (Å²) in [7, 11) is 1.47. The highest BCUT2D eigenvalue weighted by atomic mass is 16.5. The smallest absolute Gasteiger partial charge is 0.326 e. The number of methoxy groups -OCH3 is 1. The molecule has 1 unspecified atom stereocenters. The maximum Gasteiger partial charge on any atom is 0.326 e. The third-order valence-corrected chi connectivity index (χ3v) is 2.45. The Morgan fingerprint density at radius 2 is 2.22 bits per heavy atom. The maximum absolute atomic E-state index is 11.7. The van der Waals surface area contributed by atoms with E-state index < -0.39 is 17.9 Å². The fraction of sp³-hybridized carbons (Fsp3) is 0.500. The zero-order valence-corrected chi connectivity index (χ0v) is 10.4. The number of carboxylic acids is 1. The second kappa shape index (κ2) is 6.80. The lowest BCUT2D eigenvalue weighted by molar-refractivity contribution is -0.139. The molecular formula is C12H17NO5. The summed E-state index contributed by atoms with van der Waals surface area (Å²) in [4.78, 5) is 22.7. The largest absolute Gasteiger partial charge is 0.480 e. The van der Waals surface area contributed by atoms with Crippen LogP contribution in [0.5, 0.6) is 0 Å². The number of amides is 1. The standard InChI is InChI=1S/C12H17NO5/c1-3-8-4-5-10(18-8)11(14)13-9(12(15)16)6-7-17-2/h4-5,9H,3,6-7H2,1-2H3,(H,13,14)(H,15,16). The second-order valence-electron chi connectivity index (χ2n) is 3.77. The molecule has 1 heterocycles. The number of hydrogen-bond donors (Lipinski definition) is 2. The molecule has 0 fully saturated rings. The minimum atomic E-state index is -1.09. The Hall–Kier alpha value is -1.82. The van der Waals surface area contributed by atoms with Crippen LogP contribution < -0.4 is 5.32 Å². The van der Waals surface area contributed by atoms with Gasteiger partial charge in [0.1, 0.15) is 11.8 Å². The third-order valence-electron chi connectivity index (χ3n) is 2.45. The molecule has 0 aliphatic heterocycles. The molecule has 0 radical (unpaired) electrons. The predicted molar refractivity (Wildman–Crippen MR) is 63.5 cm³/mol. The Labute approximate surface area is 105 Å². The van der Waals surface area contributed by atoms with Gasteiger partial charge in [-0.1, -0.05) is 6.92 Å². The van der Waals surface area contributed by atoms with Crippen LogP contribution in [0.2, 0.25) is 0 Å². The molecule has 6 heteroatoms. The van der Waals surface area contributed by atoms with E-state index in [9.17, 15) is 9.59 Å². The van der Waals surface area contributed by atoms with Gasteiger partial charge in [0, 0.05) is 26.6 Å². The van der Waals surface area contributed by atoms with Crippen LogP contribution in [-0.2, 0) is 16.0 Å². The number of aliphatic carboxylic acids is 1. The van der Waals surface area contributed by atoms with Crippen LogP contribution in [0, 0.1) is 0 Å². The summed E-state index contributed by atoms with van der Waals surface area (Å²) in [5.74, 6) is -0.819. The van der Waals surface area contributed by atoms with Gasteiger partial charge in [0.25, 0.3) is 5.91 Å². The molecule has 6 nitrogen and oxygen atoms in total. The third kappa shape index (κ3) is 3.89. The molecule has 0 aromatic carbocycles. The SMILES string of the molecule is CCc1ccc(C(=O)NC(CCOC)C(=O)O)o1. The van der Waals surface area contributed by atoms with E-state index in [2.05, 4.69) is 5.32 Å². The molecule has 0 saturated carbocycles. The molecule has 0 bridgehead atoms. The van der Waals surface area contributed by atoms with E-state index in [1.54, 1.807) is 6.07 Å². The van der Waals surface area contributed by atoms with E-state index in [4.69, 9.17) is 14.3 Å². The van der Waals surface area contributed by atoms with Crippen molar-refractivity contribution in [2.24, 2.45) is 0 Å². The van der Waals surface area contributed by atoms with Crippen LogP contribution in [0.1, 0.15) is 29.7 Å². The van der Waals surface area contributed by atoms with E-state index in [1.165, 1.54) is 13.2 Å². The highest BCUT2D eigenvalue weighted by Gasteiger charge is 2.21. The van der Waals surface area contributed by atoms with Gasteiger partial charge in [-0.2, -0.15) is 0 Å². The Morgan fingerprint density at radius 3 is 2.72 bits per heavy atom. The van der Waals surface area contributed by atoms with Crippen LogP contribution in [-0.4, -0.2) is 36.7 Å². The monoisotopic (exact) mass is 255 g/mol. The lowest BCUT2D eigenvalue weighted by Crippen LogP contribution is -2.41. The molecule has 0 spiro atoms. The van der Waals surface area contributed by atoms with Crippen LogP contribution in [0.3, 0.4) is 0 Å². The minimum Gasteiger partial charge on any atom is -0.480 e. The van der Waals surface area contributed by atoms with Gasteiger partial charge in [-0.25, -0.2) is 4.79 Å². The molecule has 1 rings (SSSR count). The second-order valence-corrected chi connectivity index (χ2v) is 3.77. The number of ether oxygens (including phenoxy) is 1. The van der Waals surface area contributed by atoms with Gasteiger partial charge in [0.2, 0.25) is 0 Å². The number of furan rings is 1. The summed E-state index contributed by atoms with van der Waals surface area (Å²) in [6.07, 6.45) is 0.887. The highest BCUT2D eigenvalue weighted by molar-refractivity contribution is 5.94. The number of hydrogen-bond acceptors (Lipinski definition) is 4. The molecule has 1 amide bonds. The number of nitrogens with one attached hydrogen (secondary N) is 1. The van der Waals surface area contributed by atoms with Crippen molar-refractivity contribution in [3.8, 4) is 0 Å². The molecule has 1 aromatic rings. The lowest BCUT2D eigenvalue weighted by atomic mass is 10.2. The van der Waals surface area contributed by atoms with Crippen LogP contribution in [0.15, 0.2) is 16.5 Å². The molecule has 0 aliphatic rings. The van der Waals surface area contributed by atoms with Crippen molar-refractivity contribution in [1.29, 1.82) is 0 Å². The molecule has 2 N–H and O–H groups in total. The molecule has 18 heavy (non-hydrogen) atoms. The van der Waals surface area contributed by atoms with Gasteiger partial charge in [-0.15, -0.1) is 0 Å². The van der Waals surface area contributed by atoms with E-state index >= 15 is 0 Å². The summed E-state index contributed by atoms with van der Waals surface area (Å²) >= 11 is 0. The van der Waals surface area contributed by atoms with Crippen molar-refractivity contribution < 1.29 is 23.8 Å². The predicted octanol–water partition coefficient (Wildman–Crippen LogP) is 1.06. The van der Waals surface area contributed by atoms with E-state index in [1.807, 2.05) is 6.92 Å². The van der Waals surface area contributed by atoms with Crippen LogP contribution in [0.4, 0.5) is 0 Å². The average molecular weight is 255 g/mol. The van der Waals surface area contributed by atoms with Crippen molar-refractivity contribution >= 4 is 11.9 Å². The van der Waals surface area contributed by atoms with Gasteiger partial charge >= 0.3 is 5.97 Å². The quantitative estimate of drug-likeness (QED) is 0.760. The fourth-order valence-corrected chi connectivity index (χ4v) is 1.41. The number of carbonyl (C=O) groups excluding carboxylic acids is 1. The first-order valence-electron chi connectivity index (χ1n) is 5.69. The zero-order valence-electron chi connectivity index (χ0n) is 10.4. The minimum absolute atomic E-state index is 0.121. The molecule has 100 valence electrons. The first kappa shape index (κ1) is 14.2. The van der Waals surface area contributed by atoms with Gasteiger partial charge in [-0.3, -0.25) is 4.79 Å². The lowest BCUT2D eigenvalue weighted by Gasteiger charge is -2.12. The molecule has 0 saturated heterocycles. The van der Waals surface area contributed by atoms with E-state index in [0.717, 1.165) is 0 Å². The van der Waals surface area contributed by atoms with Crippen molar-refractivity contribution in [3.05, 3.63) is 23.7 Å². The normalized spacial score (nSPS) is 12.1. The maximum atomic E-state index is 11.7. The van der Waals surface area contributed by atoms with Gasteiger partial charge < -0.3 is 19.6 Å². The molecule has 0 aliphatic carbocycles. The Balaban J connectivity index is 2.62. The van der Waals surface area contributed by atoms with Crippen LogP contribution >= 0.6 is 0 Å². The number of carboxylic acid groups (broad SMARTS) is 1. The first-order chi connectivity index (χ1) is 8.58. The molecule has 1 atom stereocenters. The topological polar surface area (TPSA) is 88.8 Å². The number of rotatable bonds is 7. The van der Waals surface area contributed by atoms with Crippen molar-refractivity contribution in [1.82, 2.24) is 5.32 Å². The number of aryl methyl sites for hydroxylation is 1. The average Bonchev–Trinajstić information content (AvgIpc) is 2.82. The molecule has 1 aromatic heterocycles. The van der Waals surface area contributed by atoms with Crippen molar-refractivity contribution in [2.75, 3.05) is 13.7 Å². The summed E-state index contributed by atoms with van der Waals surface area (Å²) in [6.45, 7) is 2.16. The Kier molecular flexibility index (Phi) is 5.38. The van der Waals surface area contributed by atoms with Crippen molar-refractivity contribution in [3.63, 3.8) is 0 Å². The van der Waals surface area contributed by atoms with Gasteiger partial charge in [-0.05, 0) is 12.1 Å². The summed E-state index contributed by atoms with van der Waals surface area (Å²) in [6, 6.07) is 2.25. The number of carbonyl (C=O) groups is 2.